The minimum absolute atomic E-state index is 0.771. The van der Waals surface area contributed by atoms with E-state index in [1.165, 1.54) is 56.1 Å². The number of hydrogen-bond donors (Lipinski definition) is 1. The van der Waals surface area contributed by atoms with Gasteiger partial charge in [-0.15, -0.1) is 0 Å². The second-order valence-electron chi connectivity index (χ2n) is 6.21. The second kappa shape index (κ2) is 9.97. The van der Waals surface area contributed by atoms with Crippen molar-refractivity contribution < 1.29 is 4.74 Å². The summed E-state index contributed by atoms with van der Waals surface area (Å²) in [6.45, 7) is 5.02. The average molecular weight is 289 g/mol. The summed E-state index contributed by atoms with van der Waals surface area (Å²) >= 11 is 0. The summed E-state index contributed by atoms with van der Waals surface area (Å²) in [6, 6.07) is 9.52. The first kappa shape index (κ1) is 16.5. The average Bonchev–Trinajstić information content (AvgIpc) is 3.32. The molecular formula is C19H31NO. The molecule has 1 aliphatic carbocycles. The number of rotatable bonds is 12. The Balaban J connectivity index is 1.61. The lowest BCUT2D eigenvalue weighted by molar-refractivity contribution is 0.116. The molecule has 2 heteroatoms. The van der Waals surface area contributed by atoms with E-state index in [9.17, 15) is 0 Å². The number of hydrogen-bond acceptors (Lipinski definition) is 2. The Bertz CT molecular complexity index is 387. The molecule has 1 aromatic rings. The van der Waals surface area contributed by atoms with Crippen LogP contribution in [0.2, 0.25) is 0 Å². The van der Waals surface area contributed by atoms with Crippen molar-refractivity contribution in [3.63, 3.8) is 0 Å². The minimum atomic E-state index is 0.771. The van der Waals surface area contributed by atoms with Crippen LogP contribution >= 0.6 is 0 Å². The van der Waals surface area contributed by atoms with Crippen LogP contribution in [0.15, 0.2) is 24.3 Å². The molecule has 1 fully saturated rings. The molecule has 21 heavy (non-hydrogen) atoms. The van der Waals surface area contributed by atoms with Crippen LogP contribution in [0.3, 0.4) is 0 Å². The summed E-state index contributed by atoms with van der Waals surface area (Å²) in [4.78, 5) is 0. The van der Waals surface area contributed by atoms with Crippen LogP contribution in [0, 0.1) is 0 Å². The molecule has 118 valence electrons. The zero-order chi connectivity index (χ0) is 14.8. The fraction of sp³-hybridized carbons (Fsp3) is 0.684. The largest absolute Gasteiger partial charge is 0.377 e. The lowest BCUT2D eigenvalue weighted by Crippen LogP contribution is -2.19. The molecule has 0 unspecified atom stereocenters. The number of ether oxygens (including phenoxy) is 1. The molecule has 0 aliphatic heterocycles. The third-order valence-corrected chi connectivity index (χ3v) is 4.17. The molecule has 0 saturated heterocycles. The normalized spacial score (nSPS) is 14.5. The van der Waals surface area contributed by atoms with Gasteiger partial charge in [0.2, 0.25) is 0 Å². The van der Waals surface area contributed by atoms with Crippen LogP contribution in [-0.2, 0) is 17.8 Å². The van der Waals surface area contributed by atoms with E-state index in [0.29, 0.717) is 0 Å². The van der Waals surface area contributed by atoms with Crippen molar-refractivity contribution in [2.45, 2.75) is 70.9 Å². The molecular weight excluding hydrogens is 258 g/mol. The van der Waals surface area contributed by atoms with Crippen LogP contribution in [0.4, 0.5) is 0 Å². The highest BCUT2D eigenvalue weighted by molar-refractivity contribution is 5.26. The van der Waals surface area contributed by atoms with Crippen LogP contribution in [0.25, 0.3) is 0 Å². The Morgan fingerprint density at radius 1 is 1.05 bits per heavy atom. The van der Waals surface area contributed by atoms with Gasteiger partial charge in [0.1, 0.15) is 0 Å². The monoisotopic (exact) mass is 289 g/mol. The smallest absolute Gasteiger partial charge is 0.0719 e. The van der Waals surface area contributed by atoms with Gasteiger partial charge >= 0.3 is 0 Å². The number of unbranched alkanes of at least 4 members (excludes halogenated alkanes) is 4. The highest BCUT2D eigenvalue weighted by Gasteiger charge is 2.19. The van der Waals surface area contributed by atoms with Gasteiger partial charge in [-0.25, -0.2) is 0 Å². The molecule has 0 bridgehead atoms. The summed E-state index contributed by atoms with van der Waals surface area (Å²) in [6.07, 6.45) is 10.4. The zero-order valence-electron chi connectivity index (χ0n) is 13.6. The third kappa shape index (κ3) is 7.10. The van der Waals surface area contributed by atoms with Gasteiger partial charge in [0.05, 0.1) is 6.61 Å². The molecule has 2 rings (SSSR count). The maximum atomic E-state index is 5.86. The van der Waals surface area contributed by atoms with Crippen molar-refractivity contribution in [2.24, 2.45) is 0 Å². The van der Waals surface area contributed by atoms with Crippen molar-refractivity contribution in [1.29, 1.82) is 0 Å². The van der Waals surface area contributed by atoms with E-state index in [1.54, 1.807) is 0 Å². The summed E-state index contributed by atoms with van der Waals surface area (Å²) < 4.78 is 5.86. The van der Waals surface area contributed by atoms with Gasteiger partial charge in [-0.2, -0.15) is 0 Å². The molecule has 0 heterocycles. The zero-order valence-corrected chi connectivity index (χ0v) is 13.6. The van der Waals surface area contributed by atoms with E-state index < -0.39 is 0 Å². The van der Waals surface area contributed by atoms with E-state index in [2.05, 4.69) is 36.5 Å². The highest BCUT2D eigenvalue weighted by atomic mass is 16.5. The van der Waals surface area contributed by atoms with E-state index in [0.717, 1.165) is 32.2 Å². The molecule has 0 atom stereocenters. The fourth-order valence-corrected chi connectivity index (χ4v) is 2.63. The molecule has 1 saturated carbocycles. The summed E-state index contributed by atoms with van der Waals surface area (Å²) in [5.74, 6) is 0. The molecule has 0 spiro atoms. The molecule has 1 aliphatic rings. The van der Waals surface area contributed by atoms with Crippen molar-refractivity contribution in [3.05, 3.63) is 35.4 Å². The van der Waals surface area contributed by atoms with Gasteiger partial charge in [0.15, 0.2) is 0 Å². The predicted molar refractivity (Wildman–Crippen MR) is 89.6 cm³/mol. The first-order chi connectivity index (χ1) is 10.4. The molecule has 1 N–H and O–H groups in total. The Morgan fingerprint density at radius 2 is 1.81 bits per heavy atom. The second-order valence-corrected chi connectivity index (χ2v) is 6.21. The molecule has 0 aromatic heterocycles. The van der Waals surface area contributed by atoms with Crippen molar-refractivity contribution in [1.82, 2.24) is 5.32 Å². The first-order valence-electron chi connectivity index (χ1n) is 8.78. The van der Waals surface area contributed by atoms with Crippen molar-refractivity contribution in [2.75, 3.05) is 13.2 Å². The van der Waals surface area contributed by atoms with E-state index in [1.807, 2.05) is 0 Å². The van der Waals surface area contributed by atoms with Gasteiger partial charge < -0.3 is 10.1 Å². The Kier molecular flexibility index (Phi) is 7.83. The van der Waals surface area contributed by atoms with Crippen molar-refractivity contribution >= 4 is 0 Å². The lowest BCUT2D eigenvalue weighted by Gasteiger charge is -2.11. The van der Waals surface area contributed by atoms with Gasteiger partial charge in [-0.05, 0) is 43.4 Å². The Hall–Kier alpha value is -0.860. The van der Waals surface area contributed by atoms with Gasteiger partial charge in [-0.1, -0.05) is 56.9 Å². The van der Waals surface area contributed by atoms with Gasteiger partial charge in [0, 0.05) is 12.6 Å². The summed E-state index contributed by atoms with van der Waals surface area (Å²) in [5, 5.41) is 3.59. The Morgan fingerprint density at radius 3 is 2.57 bits per heavy atom. The Labute approximate surface area is 130 Å². The first-order valence-corrected chi connectivity index (χ1v) is 8.78. The predicted octanol–water partition coefficient (Wildman–Crippen LogP) is 4.47. The molecule has 0 radical (unpaired) electrons. The summed E-state index contributed by atoms with van der Waals surface area (Å²) in [7, 11) is 0. The van der Waals surface area contributed by atoms with E-state index in [4.69, 9.17) is 4.74 Å². The van der Waals surface area contributed by atoms with Crippen LogP contribution in [-0.4, -0.2) is 19.2 Å². The third-order valence-electron chi connectivity index (χ3n) is 4.17. The SMILES string of the molecule is CCCCCCCOCc1ccccc1CCNC1CC1. The summed E-state index contributed by atoms with van der Waals surface area (Å²) in [5.41, 5.74) is 2.81. The van der Waals surface area contributed by atoms with Crippen LogP contribution in [0.1, 0.15) is 63.0 Å². The lowest BCUT2D eigenvalue weighted by atomic mass is 10.1. The maximum Gasteiger partial charge on any atom is 0.0719 e. The van der Waals surface area contributed by atoms with E-state index in [-0.39, 0.29) is 0 Å². The topological polar surface area (TPSA) is 21.3 Å². The van der Waals surface area contributed by atoms with Crippen molar-refractivity contribution in [3.8, 4) is 0 Å². The van der Waals surface area contributed by atoms with E-state index >= 15 is 0 Å². The van der Waals surface area contributed by atoms with Crippen LogP contribution in [0.5, 0.6) is 0 Å². The van der Waals surface area contributed by atoms with Crippen LogP contribution < -0.4 is 5.32 Å². The fourth-order valence-electron chi connectivity index (χ4n) is 2.63. The molecule has 1 aromatic carbocycles. The minimum Gasteiger partial charge on any atom is -0.377 e. The quantitative estimate of drug-likeness (QED) is 0.573. The van der Waals surface area contributed by atoms with Gasteiger partial charge in [-0.3, -0.25) is 0 Å². The maximum absolute atomic E-state index is 5.86. The number of nitrogens with one attached hydrogen (secondary N) is 1. The highest BCUT2D eigenvalue weighted by Crippen LogP contribution is 2.19. The molecule has 0 amide bonds. The molecule has 2 nitrogen and oxygen atoms in total. The number of benzene rings is 1. The van der Waals surface area contributed by atoms with Gasteiger partial charge in [0.25, 0.3) is 0 Å². The standard InChI is InChI=1S/C19H31NO/c1-2-3-4-5-8-15-21-16-18-10-7-6-9-17(18)13-14-20-19-11-12-19/h6-7,9-10,19-20H,2-5,8,11-16H2,1H3.